The molecule has 1 aliphatic rings. The van der Waals surface area contributed by atoms with E-state index >= 15 is 0 Å². The Labute approximate surface area is 143 Å². The van der Waals surface area contributed by atoms with Crippen molar-refractivity contribution in [2.75, 3.05) is 38.7 Å². The van der Waals surface area contributed by atoms with Crippen molar-refractivity contribution < 1.29 is 14.3 Å². The minimum Gasteiger partial charge on any atom is -0.378 e. The van der Waals surface area contributed by atoms with Gasteiger partial charge in [0.15, 0.2) is 0 Å². The van der Waals surface area contributed by atoms with Crippen LogP contribution < -0.4 is 5.32 Å². The fourth-order valence-electron chi connectivity index (χ4n) is 2.70. The van der Waals surface area contributed by atoms with Gasteiger partial charge in [0.1, 0.15) is 0 Å². The molecule has 0 aliphatic carbocycles. The third-order valence-corrected chi connectivity index (χ3v) is 4.35. The molecule has 1 aliphatic heterocycles. The van der Waals surface area contributed by atoms with Crippen LogP contribution in [0.25, 0.3) is 0 Å². The number of carbonyl (C=O) groups is 2. The van der Waals surface area contributed by atoms with E-state index in [0.29, 0.717) is 37.6 Å². The predicted octanol–water partition coefficient (Wildman–Crippen LogP) is 2.81. The van der Waals surface area contributed by atoms with E-state index in [9.17, 15) is 9.59 Å². The number of rotatable bonds is 5. The van der Waals surface area contributed by atoms with E-state index < -0.39 is 0 Å². The molecule has 1 unspecified atom stereocenters. The molecule has 1 aromatic carbocycles. The molecular weight excluding hydrogens is 306 g/mol. The lowest BCUT2D eigenvalue weighted by Crippen LogP contribution is -2.40. The summed E-state index contributed by atoms with van der Waals surface area (Å²) >= 11 is 0. The second kappa shape index (κ2) is 8.68. The van der Waals surface area contributed by atoms with Crippen LogP contribution in [0.1, 0.15) is 37.0 Å². The van der Waals surface area contributed by atoms with Crippen LogP contribution >= 0.6 is 0 Å². The summed E-state index contributed by atoms with van der Waals surface area (Å²) in [6.45, 7) is 6.48. The molecule has 0 bridgehead atoms. The zero-order chi connectivity index (χ0) is 17.5. The van der Waals surface area contributed by atoms with Crippen LogP contribution in [-0.2, 0) is 4.74 Å². The number of morpholine rings is 1. The number of anilines is 1. The molecular formula is C18H27N3O3. The van der Waals surface area contributed by atoms with Crippen molar-refractivity contribution in [3.8, 4) is 0 Å². The molecule has 6 nitrogen and oxygen atoms in total. The van der Waals surface area contributed by atoms with Crippen molar-refractivity contribution in [2.24, 2.45) is 0 Å². The fourth-order valence-corrected chi connectivity index (χ4v) is 2.70. The number of nitrogens with zero attached hydrogens (tertiary/aromatic N) is 2. The normalized spacial score (nSPS) is 15.7. The summed E-state index contributed by atoms with van der Waals surface area (Å²) in [6.07, 6.45) is 1.99. The van der Waals surface area contributed by atoms with Crippen LogP contribution in [-0.4, -0.2) is 61.1 Å². The number of urea groups is 1. The van der Waals surface area contributed by atoms with Crippen molar-refractivity contribution in [2.45, 2.75) is 32.7 Å². The molecule has 1 saturated heterocycles. The highest BCUT2D eigenvalue weighted by molar-refractivity contribution is 5.97. The second-order valence-corrected chi connectivity index (χ2v) is 6.16. The monoisotopic (exact) mass is 333 g/mol. The Morgan fingerprint density at radius 3 is 2.71 bits per heavy atom. The Bertz CT molecular complexity index is 570. The standard InChI is InChI=1S/C18H27N3O3/c1-4-6-14(2)20(3)18(23)19-16-8-5-7-15(13-16)17(22)21-9-11-24-12-10-21/h5,7-8,13-14H,4,6,9-12H2,1-3H3,(H,19,23). The first-order chi connectivity index (χ1) is 11.5. The highest BCUT2D eigenvalue weighted by Crippen LogP contribution is 2.15. The lowest BCUT2D eigenvalue weighted by Gasteiger charge is -2.27. The van der Waals surface area contributed by atoms with Crippen molar-refractivity contribution in [1.82, 2.24) is 9.80 Å². The summed E-state index contributed by atoms with van der Waals surface area (Å²) < 4.78 is 5.27. The largest absolute Gasteiger partial charge is 0.378 e. The van der Waals surface area contributed by atoms with Crippen LogP contribution in [0.3, 0.4) is 0 Å². The molecule has 0 radical (unpaired) electrons. The van der Waals surface area contributed by atoms with Gasteiger partial charge in [0, 0.05) is 37.4 Å². The molecule has 6 heteroatoms. The SMILES string of the molecule is CCCC(C)N(C)C(=O)Nc1cccc(C(=O)N2CCOCC2)c1. The van der Waals surface area contributed by atoms with Gasteiger partial charge < -0.3 is 19.9 Å². The Hall–Kier alpha value is -2.08. The van der Waals surface area contributed by atoms with E-state index in [1.807, 2.05) is 6.92 Å². The van der Waals surface area contributed by atoms with Gasteiger partial charge in [0.2, 0.25) is 0 Å². The lowest BCUT2D eigenvalue weighted by molar-refractivity contribution is 0.0303. The summed E-state index contributed by atoms with van der Waals surface area (Å²) in [4.78, 5) is 28.3. The Kier molecular flexibility index (Phi) is 6.61. The molecule has 3 amide bonds. The van der Waals surface area contributed by atoms with Gasteiger partial charge >= 0.3 is 6.03 Å². The molecule has 0 aromatic heterocycles. The zero-order valence-electron chi connectivity index (χ0n) is 14.7. The van der Waals surface area contributed by atoms with Gasteiger partial charge in [-0.2, -0.15) is 0 Å². The third-order valence-electron chi connectivity index (χ3n) is 4.35. The van der Waals surface area contributed by atoms with E-state index in [-0.39, 0.29) is 18.0 Å². The number of carbonyl (C=O) groups excluding carboxylic acids is 2. The highest BCUT2D eigenvalue weighted by atomic mass is 16.5. The lowest BCUT2D eigenvalue weighted by atomic mass is 10.1. The molecule has 1 atom stereocenters. The first-order valence-electron chi connectivity index (χ1n) is 8.53. The molecule has 2 rings (SSSR count). The van der Waals surface area contributed by atoms with Gasteiger partial charge in [-0.15, -0.1) is 0 Å². The summed E-state index contributed by atoms with van der Waals surface area (Å²) in [5.74, 6) is -0.0258. The average Bonchev–Trinajstić information content (AvgIpc) is 2.61. The Morgan fingerprint density at radius 2 is 2.04 bits per heavy atom. The van der Waals surface area contributed by atoms with Crippen LogP contribution in [0.5, 0.6) is 0 Å². The first-order valence-corrected chi connectivity index (χ1v) is 8.53. The van der Waals surface area contributed by atoms with E-state index in [1.165, 1.54) is 0 Å². The number of hydrogen-bond acceptors (Lipinski definition) is 3. The first kappa shape index (κ1) is 18.3. The topological polar surface area (TPSA) is 61.9 Å². The van der Waals surface area contributed by atoms with Crippen LogP contribution in [0.4, 0.5) is 10.5 Å². The molecule has 1 fully saturated rings. The summed E-state index contributed by atoms with van der Waals surface area (Å²) in [5, 5.41) is 2.87. The molecule has 1 heterocycles. The van der Waals surface area contributed by atoms with Crippen LogP contribution in [0.15, 0.2) is 24.3 Å². The molecule has 0 saturated carbocycles. The van der Waals surface area contributed by atoms with Gasteiger partial charge in [-0.05, 0) is 31.5 Å². The minimum absolute atomic E-state index is 0.0258. The van der Waals surface area contributed by atoms with Gasteiger partial charge in [0.05, 0.1) is 13.2 Å². The Morgan fingerprint density at radius 1 is 1.33 bits per heavy atom. The molecule has 1 aromatic rings. The third kappa shape index (κ3) is 4.71. The highest BCUT2D eigenvalue weighted by Gasteiger charge is 2.19. The van der Waals surface area contributed by atoms with Crippen molar-refractivity contribution >= 4 is 17.6 Å². The Balaban J connectivity index is 2.01. The minimum atomic E-state index is -0.160. The zero-order valence-corrected chi connectivity index (χ0v) is 14.7. The molecule has 0 spiro atoms. The number of nitrogens with one attached hydrogen (secondary N) is 1. The maximum Gasteiger partial charge on any atom is 0.321 e. The van der Waals surface area contributed by atoms with Crippen LogP contribution in [0, 0.1) is 0 Å². The van der Waals surface area contributed by atoms with Gasteiger partial charge in [-0.3, -0.25) is 4.79 Å². The number of benzene rings is 1. The molecule has 24 heavy (non-hydrogen) atoms. The van der Waals surface area contributed by atoms with Gasteiger partial charge in [0.25, 0.3) is 5.91 Å². The summed E-state index contributed by atoms with van der Waals surface area (Å²) in [5.41, 5.74) is 1.22. The average molecular weight is 333 g/mol. The number of ether oxygens (including phenoxy) is 1. The molecule has 1 N–H and O–H groups in total. The predicted molar refractivity (Wildman–Crippen MR) is 94.3 cm³/mol. The van der Waals surface area contributed by atoms with Gasteiger partial charge in [-0.1, -0.05) is 19.4 Å². The quantitative estimate of drug-likeness (QED) is 0.901. The van der Waals surface area contributed by atoms with E-state index in [4.69, 9.17) is 4.74 Å². The molecule has 132 valence electrons. The van der Waals surface area contributed by atoms with Crippen LogP contribution in [0.2, 0.25) is 0 Å². The van der Waals surface area contributed by atoms with Crippen molar-refractivity contribution in [3.63, 3.8) is 0 Å². The number of hydrogen-bond donors (Lipinski definition) is 1. The maximum absolute atomic E-state index is 12.5. The number of amides is 3. The van der Waals surface area contributed by atoms with E-state index in [1.54, 1.807) is 41.1 Å². The smallest absolute Gasteiger partial charge is 0.321 e. The van der Waals surface area contributed by atoms with E-state index in [0.717, 1.165) is 12.8 Å². The van der Waals surface area contributed by atoms with Gasteiger partial charge in [-0.25, -0.2) is 4.79 Å². The summed E-state index contributed by atoms with van der Waals surface area (Å²) in [7, 11) is 1.79. The van der Waals surface area contributed by atoms with E-state index in [2.05, 4.69) is 12.2 Å². The fraction of sp³-hybridized carbons (Fsp3) is 0.556. The maximum atomic E-state index is 12.5. The van der Waals surface area contributed by atoms with Crippen molar-refractivity contribution in [1.29, 1.82) is 0 Å². The summed E-state index contributed by atoms with van der Waals surface area (Å²) in [6, 6.07) is 7.11. The second-order valence-electron chi connectivity index (χ2n) is 6.16. The van der Waals surface area contributed by atoms with Crippen molar-refractivity contribution in [3.05, 3.63) is 29.8 Å².